The van der Waals surface area contributed by atoms with Crippen LogP contribution < -0.4 is 0 Å². The van der Waals surface area contributed by atoms with Crippen LogP contribution in [0.3, 0.4) is 0 Å². The molecule has 0 saturated carbocycles. The van der Waals surface area contributed by atoms with Crippen molar-refractivity contribution in [2.75, 3.05) is 0 Å². The van der Waals surface area contributed by atoms with Crippen molar-refractivity contribution in [1.29, 1.82) is 0 Å². The molecule has 242 valence electrons. The van der Waals surface area contributed by atoms with Gasteiger partial charge < -0.3 is 4.42 Å². The van der Waals surface area contributed by atoms with Gasteiger partial charge in [0.1, 0.15) is 11.2 Å². The Morgan fingerprint density at radius 2 is 1.02 bits per heavy atom. The first-order valence-electron chi connectivity index (χ1n) is 17.5. The van der Waals surface area contributed by atoms with Crippen LogP contribution >= 0.6 is 11.3 Å². The molecule has 0 bridgehead atoms. The van der Waals surface area contributed by atoms with Gasteiger partial charge in [0.15, 0.2) is 5.82 Å². The molecule has 52 heavy (non-hydrogen) atoms. The number of para-hydroxylation sites is 1. The van der Waals surface area contributed by atoms with Crippen molar-refractivity contribution in [3.8, 4) is 44.9 Å². The SMILES string of the molecule is c1ccc2cc(-c3ccc(-c4cc(-c5nc(-c6ccc7ccccc7c6)c6sc7ccccc7c6n5)c5c(c4)oc4ccccc45)cc3)ccc2c1. The van der Waals surface area contributed by atoms with Gasteiger partial charge in [-0.2, -0.15) is 0 Å². The minimum absolute atomic E-state index is 0.686. The van der Waals surface area contributed by atoms with Crippen LogP contribution in [0.1, 0.15) is 0 Å². The van der Waals surface area contributed by atoms with Gasteiger partial charge >= 0.3 is 0 Å². The molecule has 0 aliphatic rings. The summed E-state index contributed by atoms with van der Waals surface area (Å²) >= 11 is 1.76. The second kappa shape index (κ2) is 11.5. The first-order valence-corrected chi connectivity index (χ1v) is 18.3. The maximum Gasteiger partial charge on any atom is 0.161 e. The summed E-state index contributed by atoms with van der Waals surface area (Å²) in [4.78, 5) is 10.8. The van der Waals surface area contributed by atoms with Crippen molar-refractivity contribution in [1.82, 2.24) is 9.97 Å². The lowest BCUT2D eigenvalue weighted by Gasteiger charge is -2.11. The second-order valence-electron chi connectivity index (χ2n) is 13.4. The quantitative estimate of drug-likeness (QED) is 0.186. The Kier molecular flexibility index (Phi) is 6.42. The van der Waals surface area contributed by atoms with Crippen molar-refractivity contribution in [2.24, 2.45) is 0 Å². The summed E-state index contributed by atoms with van der Waals surface area (Å²) in [6.07, 6.45) is 0. The highest BCUT2D eigenvalue weighted by Gasteiger charge is 2.21. The minimum atomic E-state index is 0.686. The topological polar surface area (TPSA) is 38.9 Å². The normalized spacial score (nSPS) is 11.8. The number of furan rings is 1. The van der Waals surface area contributed by atoms with Crippen LogP contribution in [0, 0.1) is 0 Å². The molecular weight excluding hydrogens is 653 g/mol. The van der Waals surface area contributed by atoms with Gasteiger partial charge in [-0.3, -0.25) is 0 Å². The number of hydrogen-bond donors (Lipinski definition) is 0. The average Bonchev–Trinajstić information content (AvgIpc) is 3.78. The molecule has 0 aliphatic heterocycles. The van der Waals surface area contributed by atoms with Gasteiger partial charge in [-0.25, -0.2) is 9.97 Å². The van der Waals surface area contributed by atoms with Crippen LogP contribution in [0.2, 0.25) is 0 Å². The Morgan fingerprint density at radius 1 is 0.423 bits per heavy atom. The molecular formula is C48H28N2OS. The molecule has 0 unspecified atom stereocenters. The molecule has 11 aromatic rings. The lowest BCUT2D eigenvalue weighted by molar-refractivity contribution is 0.669. The van der Waals surface area contributed by atoms with E-state index in [1.807, 2.05) is 12.1 Å². The number of aromatic nitrogens is 2. The molecule has 4 heteroatoms. The molecule has 0 fully saturated rings. The second-order valence-corrected chi connectivity index (χ2v) is 14.4. The van der Waals surface area contributed by atoms with Crippen LogP contribution in [-0.4, -0.2) is 9.97 Å². The van der Waals surface area contributed by atoms with E-state index in [4.69, 9.17) is 14.4 Å². The van der Waals surface area contributed by atoms with Gasteiger partial charge in [0, 0.05) is 32.0 Å². The van der Waals surface area contributed by atoms with E-state index in [9.17, 15) is 0 Å². The predicted molar refractivity (Wildman–Crippen MR) is 219 cm³/mol. The first-order chi connectivity index (χ1) is 25.7. The van der Waals surface area contributed by atoms with E-state index in [-0.39, 0.29) is 0 Å². The molecule has 0 aliphatic carbocycles. The van der Waals surface area contributed by atoms with E-state index in [1.54, 1.807) is 11.3 Å². The van der Waals surface area contributed by atoms with E-state index in [0.717, 1.165) is 65.5 Å². The van der Waals surface area contributed by atoms with Crippen LogP contribution in [0.15, 0.2) is 174 Å². The van der Waals surface area contributed by atoms with E-state index in [2.05, 4.69) is 158 Å². The summed E-state index contributed by atoms with van der Waals surface area (Å²) in [5, 5.41) is 8.09. The predicted octanol–water partition coefficient (Wildman–Crippen LogP) is 13.7. The molecule has 0 saturated heterocycles. The van der Waals surface area contributed by atoms with Crippen LogP contribution in [0.25, 0.3) is 109 Å². The van der Waals surface area contributed by atoms with E-state index in [0.29, 0.717) is 5.82 Å². The van der Waals surface area contributed by atoms with E-state index in [1.165, 1.54) is 37.4 Å². The minimum Gasteiger partial charge on any atom is -0.456 e. The fourth-order valence-electron chi connectivity index (χ4n) is 7.67. The molecule has 0 spiro atoms. The first kappa shape index (κ1) is 29.1. The molecule has 0 radical (unpaired) electrons. The van der Waals surface area contributed by atoms with Crippen molar-refractivity contribution in [3.63, 3.8) is 0 Å². The molecule has 0 N–H and O–H groups in total. The Balaban J connectivity index is 1.14. The van der Waals surface area contributed by atoms with Crippen LogP contribution in [0.4, 0.5) is 0 Å². The molecule has 0 atom stereocenters. The Labute approximate surface area is 303 Å². The van der Waals surface area contributed by atoms with Crippen molar-refractivity contribution >= 4 is 75.1 Å². The van der Waals surface area contributed by atoms with E-state index >= 15 is 0 Å². The standard InChI is InChI=1S/C48H28N2OS/c1-3-11-33-25-35(23-21-29(33)9-1)31-17-19-32(20-18-31)37-27-40(44-38-13-5-7-15-41(38)51-42(44)28-37)48-49-45(36-24-22-30-10-2-4-12-34(30)26-36)47-46(50-48)39-14-6-8-16-43(39)52-47/h1-28H. The summed E-state index contributed by atoms with van der Waals surface area (Å²) in [7, 11) is 0. The molecule has 8 aromatic carbocycles. The number of thiophene rings is 1. The van der Waals surface area contributed by atoms with Gasteiger partial charge in [0.2, 0.25) is 0 Å². The van der Waals surface area contributed by atoms with Crippen molar-refractivity contribution < 1.29 is 4.42 Å². The molecule has 3 heterocycles. The van der Waals surface area contributed by atoms with Crippen molar-refractivity contribution in [3.05, 3.63) is 170 Å². The monoisotopic (exact) mass is 680 g/mol. The Morgan fingerprint density at radius 3 is 1.79 bits per heavy atom. The number of fused-ring (bicyclic) bond motifs is 8. The fraction of sp³-hybridized carbons (Fsp3) is 0. The third-order valence-corrected chi connectivity index (χ3v) is 11.4. The largest absolute Gasteiger partial charge is 0.456 e. The third kappa shape index (κ3) is 4.65. The lowest BCUT2D eigenvalue weighted by atomic mass is 9.95. The fourth-order valence-corrected chi connectivity index (χ4v) is 8.82. The van der Waals surface area contributed by atoms with Gasteiger partial charge in [-0.1, -0.05) is 133 Å². The van der Waals surface area contributed by atoms with Gasteiger partial charge in [0.25, 0.3) is 0 Å². The Bertz CT molecular complexity index is 3190. The maximum atomic E-state index is 6.56. The molecule has 0 amide bonds. The zero-order valence-electron chi connectivity index (χ0n) is 27.9. The molecule has 11 rings (SSSR count). The summed E-state index contributed by atoms with van der Waals surface area (Å²) in [5.41, 5.74) is 10.1. The van der Waals surface area contributed by atoms with Crippen LogP contribution in [0.5, 0.6) is 0 Å². The Hall–Kier alpha value is -6.62. The van der Waals surface area contributed by atoms with Crippen LogP contribution in [-0.2, 0) is 0 Å². The maximum absolute atomic E-state index is 6.56. The number of rotatable bonds is 4. The number of nitrogens with zero attached hydrogens (tertiary/aromatic N) is 2. The van der Waals surface area contributed by atoms with Gasteiger partial charge in [-0.05, 0) is 80.2 Å². The van der Waals surface area contributed by atoms with Gasteiger partial charge in [-0.15, -0.1) is 11.3 Å². The smallest absolute Gasteiger partial charge is 0.161 e. The number of benzene rings is 8. The van der Waals surface area contributed by atoms with Crippen molar-refractivity contribution in [2.45, 2.75) is 0 Å². The van der Waals surface area contributed by atoms with E-state index < -0.39 is 0 Å². The summed E-state index contributed by atoms with van der Waals surface area (Å²) in [5.74, 6) is 0.686. The zero-order valence-corrected chi connectivity index (χ0v) is 28.7. The lowest BCUT2D eigenvalue weighted by Crippen LogP contribution is -1.95. The van der Waals surface area contributed by atoms with Gasteiger partial charge in [0.05, 0.1) is 15.9 Å². The summed E-state index contributed by atoms with van der Waals surface area (Å²) < 4.78 is 8.85. The summed E-state index contributed by atoms with van der Waals surface area (Å²) in [6.45, 7) is 0. The third-order valence-electron chi connectivity index (χ3n) is 10.3. The highest BCUT2D eigenvalue weighted by Crippen LogP contribution is 2.43. The molecule has 3 nitrogen and oxygen atoms in total. The highest BCUT2D eigenvalue weighted by molar-refractivity contribution is 7.26. The average molecular weight is 681 g/mol. The molecule has 3 aromatic heterocycles. The highest BCUT2D eigenvalue weighted by atomic mass is 32.1. The summed E-state index contributed by atoms with van der Waals surface area (Å²) in [6, 6.07) is 60.3. The number of hydrogen-bond acceptors (Lipinski definition) is 4. The zero-order chi connectivity index (χ0) is 34.2.